The number of rotatable bonds is 5. The highest BCUT2D eigenvalue weighted by Crippen LogP contribution is 2.34. The normalized spacial score (nSPS) is 13.3. The van der Waals surface area contributed by atoms with Crippen LogP contribution >= 0.6 is 0 Å². The molecule has 0 bridgehead atoms. The highest BCUT2D eigenvalue weighted by Gasteiger charge is 2.34. The molecule has 4 aromatic rings. The monoisotopic (exact) mass is 360 g/mol. The Morgan fingerprint density at radius 1 is 1.00 bits per heavy atom. The summed E-state index contributed by atoms with van der Waals surface area (Å²) in [6.07, 6.45) is 1.72. The molecule has 2 aromatic heterocycles. The summed E-state index contributed by atoms with van der Waals surface area (Å²) >= 11 is 0. The van der Waals surface area contributed by atoms with Gasteiger partial charge in [0.05, 0.1) is 18.3 Å². The molecule has 4 rings (SSSR count). The summed E-state index contributed by atoms with van der Waals surface area (Å²) in [4.78, 5) is 12.3. The van der Waals surface area contributed by atoms with Gasteiger partial charge in [0.25, 0.3) is 0 Å². The Balaban J connectivity index is 1.87. The molecule has 136 valence electrons. The lowest BCUT2D eigenvalue weighted by molar-refractivity contribution is 0.0855. The number of anilines is 2. The summed E-state index contributed by atoms with van der Waals surface area (Å²) in [6, 6.07) is 19.2. The van der Waals surface area contributed by atoms with Crippen molar-refractivity contribution in [1.29, 1.82) is 0 Å². The summed E-state index contributed by atoms with van der Waals surface area (Å²) in [5.41, 5.74) is 0.702. The van der Waals surface area contributed by atoms with Crippen LogP contribution < -0.4 is 10.1 Å². The molecule has 0 fully saturated rings. The number of H-pyrrole nitrogens is 1. The summed E-state index contributed by atoms with van der Waals surface area (Å²) in [6.45, 7) is 1.65. The van der Waals surface area contributed by atoms with Crippen LogP contribution in [0.2, 0.25) is 0 Å². The van der Waals surface area contributed by atoms with Gasteiger partial charge in [0.2, 0.25) is 0 Å². The largest absolute Gasteiger partial charge is 0.495 e. The van der Waals surface area contributed by atoms with Crippen LogP contribution in [-0.4, -0.2) is 27.2 Å². The van der Waals surface area contributed by atoms with Gasteiger partial charge < -0.3 is 20.1 Å². The molecular formula is C21H20N4O2. The van der Waals surface area contributed by atoms with Crippen LogP contribution in [0.15, 0.2) is 66.9 Å². The van der Waals surface area contributed by atoms with Crippen molar-refractivity contribution in [1.82, 2.24) is 15.0 Å². The molecule has 3 N–H and O–H groups in total. The van der Waals surface area contributed by atoms with E-state index in [-0.39, 0.29) is 5.82 Å². The Morgan fingerprint density at radius 2 is 1.74 bits per heavy atom. The van der Waals surface area contributed by atoms with Crippen LogP contribution in [0.25, 0.3) is 10.9 Å². The fourth-order valence-electron chi connectivity index (χ4n) is 3.07. The molecular weight excluding hydrogens is 340 g/mol. The highest BCUT2D eigenvalue weighted by atomic mass is 16.5. The van der Waals surface area contributed by atoms with Gasteiger partial charge in [-0.1, -0.05) is 30.3 Å². The van der Waals surface area contributed by atoms with E-state index in [0.29, 0.717) is 17.3 Å². The van der Waals surface area contributed by atoms with Gasteiger partial charge in [0.1, 0.15) is 11.6 Å². The standard InChI is InChI=1S/C21H20N4O2/c1-21(26,18-17(27-2)12-13-22-18)20-24-16-11-7-6-10-15(16)19(25-20)23-14-8-4-3-5-9-14/h3-13,22,26H,1-2H3,(H,23,24,25). The molecule has 1 atom stereocenters. The van der Waals surface area contributed by atoms with Crippen molar-refractivity contribution < 1.29 is 9.84 Å². The first-order valence-electron chi connectivity index (χ1n) is 8.63. The fraction of sp³-hybridized carbons (Fsp3) is 0.143. The maximum atomic E-state index is 11.2. The zero-order valence-corrected chi connectivity index (χ0v) is 15.1. The molecule has 2 heterocycles. The number of hydrogen-bond acceptors (Lipinski definition) is 5. The smallest absolute Gasteiger partial charge is 0.168 e. The third kappa shape index (κ3) is 3.11. The van der Waals surface area contributed by atoms with Crippen molar-refractivity contribution in [3.63, 3.8) is 0 Å². The lowest BCUT2D eigenvalue weighted by Gasteiger charge is -2.23. The van der Waals surface area contributed by atoms with Crippen LogP contribution in [0.4, 0.5) is 11.5 Å². The van der Waals surface area contributed by atoms with Crippen molar-refractivity contribution in [2.24, 2.45) is 0 Å². The average Bonchev–Trinajstić information content (AvgIpc) is 3.18. The number of aromatic nitrogens is 3. The maximum Gasteiger partial charge on any atom is 0.168 e. The van der Waals surface area contributed by atoms with Crippen LogP contribution in [-0.2, 0) is 5.60 Å². The van der Waals surface area contributed by atoms with Gasteiger partial charge in [-0.05, 0) is 37.3 Å². The second-order valence-electron chi connectivity index (χ2n) is 6.40. The molecule has 27 heavy (non-hydrogen) atoms. The molecule has 2 aromatic carbocycles. The molecule has 0 aliphatic heterocycles. The van der Waals surface area contributed by atoms with Crippen molar-refractivity contribution in [3.05, 3.63) is 78.4 Å². The maximum absolute atomic E-state index is 11.2. The third-order valence-corrected chi connectivity index (χ3v) is 4.49. The molecule has 0 aliphatic carbocycles. The zero-order valence-electron chi connectivity index (χ0n) is 15.1. The second-order valence-corrected chi connectivity index (χ2v) is 6.40. The summed E-state index contributed by atoms with van der Waals surface area (Å²) in [5, 5.41) is 15.4. The Bertz CT molecular complexity index is 1070. The first kappa shape index (κ1) is 17.1. The van der Waals surface area contributed by atoms with E-state index < -0.39 is 5.60 Å². The average molecular weight is 360 g/mol. The van der Waals surface area contributed by atoms with Gasteiger partial charge in [0.15, 0.2) is 11.4 Å². The van der Waals surface area contributed by atoms with Gasteiger partial charge in [0, 0.05) is 17.3 Å². The van der Waals surface area contributed by atoms with E-state index in [4.69, 9.17) is 4.74 Å². The van der Waals surface area contributed by atoms with Crippen molar-refractivity contribution in [2.45, 2.75) is 12.5 Å². The third-order valence-electron chi connectivity index (χ3n) is 4.49. The van der Waals surface area contributed by atoms with Crippen molar-refractivity contribution >= 4 is 22.4 Å². The van der Waals surface area contributed by atoms with Crippen LogP contribution in [0.3, 0.4) is 0 Å². The number of hydrogen-bond donors (Lipinski definition) is 3. The number of aliphatic hydroxyl groups is 1. The predicted molar refractivity (Wildman–Crippen MR) is 105 cm³/mol. The number of nitrogens with one attached hydrogen (secondary N) is 2. The molecule has 0 saturated heterocycles. The fourth-order valence-corrected chi connectivity index (χ4v) is 3.07. The number of aromatic amines is 1. The van der Waals surface area contributed by atoms with Gasteiger partial charge in [-0.15, -0.1) is 0 Å². The van der Waals surface area contributed by atoms with Gasteiger partial charge in [-0.3, -0.25) is 0 Å². The number of methoxy groups -OCH3 is 1. The molecule has 1 unspecified atom stereocenters. The number of benzene rings is 2. The highest BCUT2D eigenvalue weighted by molar-refractivity contribution is 5.90. The Hall–Kier alpha value is -3.38. The molecule has 6 nitrogen and oxygen atoms in total. The van der Waals surface area contributed by atoms with E-state index in [1.54, 1.807) is 26.3 Å². The first-order chi connectivity index (χ1) is 13.1. The number of fused-ring (bicyclic) bond motifs is 1. The van der Waals surface area contributed by atoms with E-state index in [0.717, 1.165) is 16.6 Å². The van der Waals surface area contributed by atoms with E-state index in [1.807, 2.05) is 54.6 Å². The summed E-state index contributed by atoms with van der Waals surface area (Å²) < 4.78 is 5.34. The van der Waals surface area contributed by atoms with Gasteiger partial charge in [-0.2, -0.15) is 0 Å². The van der Waals surface area contributed by atoms with Crippen LogP contribution in [0, 0.1) is 0 Å². The van der Waals surface area contributed by atoms with Crippen LogP contribution in [0.1, 0.15) is 18.4 Å². The molecule has 0 spiro atoms. The molecule has 6 heteroatoms. The number of ether oxygens (including phenoxy) is 1. The molecule has 0 amide bonds. The van der Waals surface area contributed by atoms with Gasteiger partial charge in [-0.25, -0.2) is 9.97 Å². The van der Waals surface area contributed by atoms with E-state index in [2.05, 4.69) is 20.3 Å². The van der Waals surface area contributed by atoms with E-state index >= 15 is 0 Å². The first-order valence-corrected chi connectivity index (χ1v) is 8.63. The summed E-state index contributed by atoms with van der Waals surface area (Å²) in [5.74, 6) is 1.46. The van der Waals surface area contributed by atoms with Crippen molar-refractivity contribution in [3.8, 4) is 5.75 Å². The topological polar surface area (TPSA) is 83.1 Å². The lowest BCUT2D eigenvalue weighted by atomic mass is 10.0. The minimum atomic E-state index is -1.45. The lowest BCUT2D eigenvalue weighted by Crippen LogP contribution is -2.27. The van der Waals surface area contributed by atoms with Gasteiger partial charge >= 0.3 is 0 Å². The summed E-state index contributed by atoms with van der Waals surface area (Å²) in [7, 11) is 1.56. The zero-order chi connectivity index (χ0) is 18.9. The number of nitrogens with zero attached hydrogens (tertiary/aromatic N) is 2. The predicted octanol–water partition coefficient (Wildman–Crippen LogP) is 3.97. The molecule has 0 radical (unpaired) electrons. The quantitative estimate of drug-likeness (QED) is 0.502. The molecule has 0 aliphatic rings. The Kier molecular flexibility index (Phi) is 4.25. The van der Waals surface area contributed by atoms with E-state index in [1.165, 1.54) is 0 Å². The second kappa shape index (κ2) is 6.74. The van der Waals surface area contributed by atoms with Crippen LogP contribution in [0.5, 0.6) is 5.75 Å². The minimum Gasteiger partial charge on any atom is -0.495 e. The molecule has 0 saturated carbocycles. The Morgan fingerprint density at radius 3 is 2.52 bits per heavy atom. The van der Waals surface area contributed by atoms with Crippen molar-refractivity contribution in [2.75, 3.05) is 12.4 Å². The SMILES string of the molecule is COc1cc[nH]c1C(C)(O)c1nc(Nc2ccccc2)c2ccccc2n1. The Labute approximate surface area is 156 Å². The van der Waals surface area contributed by atoms with E-state index in [9.17, 15) is 5.11 Å². The number of para-hydroxylation sites is 2. The minimum absolute atomic E-state index is 0.278.